The van der Waals surface area contributed by atoms with E-state index in [-0.39, 0.29) is 5.78 Å². The summed E-state index contributed by atoms with van der Waals surface area (Å²) in [4.78, 5) is 12.1. The molecule has 1 nitrogen and oxygen atoms in total. The number of halogens is 2. The first-order chi connectivity index (χ1) is 7.66. The van der Waals surface area contributed by atoms with Crippen LogP contribution in [0.3, 0.4) is 0 Å². The van der Waals surface area contributed by atoms with Crippen LogP contribution in [0, 0.1) is 3.57 Å². The van der Waals surface area contributed by atoms with Gasteiger partial charge in [-0.1, -0.05) is 15.9 Å². The molecule has 1 aromatic carbocycles. The van der Waals surface area contributed by atoms with Crippen molar-refractivity contribution < 1.29 is 4.79 Å². The van der Waals surface area contributed by atoms with E-state index in [9.17, 15) is 4.79 Å². The van der Waals surface area contributed by atoms with Crippen LogP contribution < -0.4 is 0 Å². The molecule has 0 bridgehead atoms. The SMILES string of the molecule is O=C(Cc1ccsc1)c1cc(I)ccc1Br. The summed E-state index contributed by atoms with van der Waals surface area (Å²) in [6, 6.07) is 7.80. The number of hydrogen-bond donors (Lipinski definition) is 0. The summed E-state index contributed by atoms with van der Waals surface area (Å²) >= 11 is 7.25. The highest BCUT2D eigenvalue weighted by Gasteiger charge is 2.11. The second-order valence-corrected chi connectivity index (χ2v) is 6.24. The average Bonchev–Trinajstić information content (AvgIpc) is 2.74. The molecule has 0 saturated heterocycles. The quantitative estimate of drug-likeness (QED) is 0.540. The average molecular weight is 407 g/mol. The van der Waals surface area contributed by atoms with E-state index in [1.54, 1.807) is 11.3 Å². The molecule has 0 spiro atoms. The van der Waals surface area contributed by atoms with Crippen LogP contribution in [-0.2, 0) is 6.42 Å². The number of rotatable bonds is 3. The van der Waals surface area contributed by atoms with Gasteiger partial charge in [0.1, 0.15) is 0 Å². The summed E-state index contributed by atoms with van der Waals surface area (Å²) in [5, 5.41) is 4.01. The molecule has 82 valence electrons. The zero-order chi connectivity index (χ0) is 11.5. The Morgan fingerprint density at radius 1 is 1.38 bits per heavy atom. The second kappa shape index (κ2) is 5.42. The summed E-state index contributed by atoms with van der Waals surface area (Å²) in [7, 11) is 0. The van der Waals surface area contributed by atoms with Gasteiger partial charge in [-0.25, -0.2) is 0 Å². The number of ketones is 1. The Labute approximate surface area is 120 Å². The van der Waals surface area contributed by atoms with Gasteiger partial charge in [0.2, 0.25) is 0 Å². The van der Waals surface area contributed by atoms with Gasteiger partial charge in [0.25, 0.3) is 0 Å². The van der Waals surface area contributed by atoms with E-state index in [4.69, 9.17) is 0 Å². The fraction of sp³-hybridized carbons (Fsp3) is 0.0833. The van der Waals surface area contributed by atoms with Gasteiger partial charge in [0, 0.05) is 20.0 Å². The summed E-state index contributed by atoms with van der Waals surface area (Å²) in [6.07, 6.45) is 0.474. The molecule has 16 heavy (non-hydrogen) atoms. The molecule has 0 aliphatic heterocycles. The maximum absolute atomic E-state index is 12.1. The third-order valence-corrected chi connectivity index (χ3v) is 4.27. The summed E-state index contributed by atoms with van der Waals surface area (Å²) in [5.41, 5.74) is 1.85. The lowest BCUT2D eigenvalue weighted by molar-refractivity contribution is 0.0992. The van der Waals surface area contributed by atoms with E-state index in [1.807, 2.05) is 35.0 Å². The first kappa shape index (κ1) is 12.3. The van der Waals surface area contributed by atoms with Gasteiger partial charge < -0.3 is 0 Å². The molecular formula is C12H8BrIOS. The predicted octanol–water partition coefficient (Wildman–Crippen LogP) is 4.54. The molecule has 2 rings (SSSR count). The van der Waals surface area contributed by atoms with Gasteiger partial charge in [-0.2, -0.15) is 11.3 Å². The first-order valence-electron chi connectivity index (χ1n) is 4.66. The molecule has 0 fully saturated rings. The topological polar surface area (TPSA) is 17.1 Å². The van der Waals surface area contributed by atoms with Crippen LogP contribution in [0.15, 0.2) is 39.5 Å². The Balaban J connectivity index is 2.24. The van der Waals surface area contributed by atoms with Crippen molar-refractivity contribution in [1.82, 2.24) is 0 Å². The Morgan fingerprint density at radius 2 is 2.19 bits per heavy atom. The van der Waals surface area contributed by atoms with Gasteiger partial charge >= 0.3 is 0 Å². The lowest BCUT2D eigenvalue weighted by Gasteiger charge is -2.03. The highest BCUT2D eigenvalue weighted by molar-refractivity contribution is 14.1. The van der Waals surface area contributed by atoms with E-state index in [2.05, 4.69) is 38.5 Å². The lowest BCUT2D eigenvalue weighted by Crippen LogP contribution is -2.04. The molecule has 0 unspecified atom stereocenters. The monoisotopic (exact) mass is 406 g/mol. The zero-order valence-electron chi connectivity index (χ0n) is 8.24. The zero-order valence-corrected chi connectivity index (χ0v) is 12.8. The van der Waals surface area contributed by atoms with Gasteiger partial charge in [-0.15, -0.1) is 0 Å². The maximum Gasteiger partial charge on any atom is 0.168 e. The summed E-state index contributed by atoms with van der Waals surface area (Å²) < 4.78 is 1.95. The number of hydrogen-bond acceptors (Lipinski definition) is 2. The molecule has 0 atom stereocenters. The van der Waals surface area contributed by atoms with Crippen LogP contribution in [-0.4, -0.2) is 5.78 Å². The van der Waals surface area contributed by atoms with Crippen molar-refractivity contribution >= 4 is 55.6 Å². The van der Waals surface area contributed by atoms with Crippen molar-refractivity contribution in [2.45, 2.75) is 6.42 Å². The first-order valence-corrected chi connectivity index (χ1v) is 7.47. The molecule has 0 amide bonds. The highest BCUT2D eigenvalue weighted by Crippen LogP contribution is 2.21. The molecule has 0 aliphatic carbocycles. The van der Waals surface area contributed by atoms with E-state index in [1.165, 1.54) is 0 Å². The number of carbonyl (C=O) groups excluding carboxylic acids is 1. The molecule has 1 heterocycles. The van der Waals surface area contributed by atoms with Crippen LogP contribution in [0.2, 0.25) is 0 Å². The largest absolute Gasteiger partial charge is 0.294 e. The van der Waals surface area contributed by atoms with E-state index < -0.39 is 0 Å². The lowest BCUT2D eigenvalue weighted by atomic mass is 10.1. The highest BCUT2D eigenvalue weighted by atomic mass is 127. The molecule has 2 aromatic rings. The number of benzene rings is 1. The Bertz CT molecular complexity index is 508. The van der Waals surface area contributed by atoms with Crippen molar-refractivity contribution in [2.24, 2.45) is 0 Å². The van der Waals surface area contributed by atoms with E-state index in [0.29, 0.717) is 6.42 Å². The normalized spacial score (nSPS) is 10.4. The molecular weight excluding hydrogens is 399 g/mol. The Hall–Kier alpha value is -0.200. The molecule has 0 saturated carbocycles. The summed E-state index contributed by atoms with van der Waals surface area (Å²) in [6.45, 7) is 0. The fourth-order valence-corrected chi connectivity index (χ4v) is 3.01. The van der Waals surface area contributed by atoms with Crippen LogP contribution in [0.25, 0.3) is 0 Å². The van der Waals surface area contributed by atoms with Gasteiger partial charge in [-0.3, -0.25) is 4.79 Å². The van der Waals surface area contributed by atoms with Crippen molar-refractivity contribution in [3.05, 3.63) is 54.2 Å². The maximum atomic E-state index is 12.1. The summed E-state index contributed by atoms with van der Waals surface area (Å²) in [5.74, 6) is 0.156. The van der Waals surface area contributed by atoms with Crippen LogP contribution in [0.4, 0.5) is 0 Å². The number of thiophene rings is 1. The van der Waals surface area contributed by atoms with Crippen molar-refractivity contribution in [3.8, 4) is 0 Å². The minimum atomic E-state index is 0.156. The van der Waals surface area contributed by atoms with Gasteiger partial charge in [0.15, 0.2) is 5.78 Å². The number of Topliss-reactive ketones (excluding diaryl/α,β-unsaturated/α-hetero) is 1. The van der Waals surface area contributed by atoms with Crippen molar-refractivity contribution in [1.29, 1.82) is 0 Å². The smallest absolute Gasteiger partial charge is 0.168 e. The van der Waals surface area contributed by atoms with E-state index in [0.717, 1.165) is 19.2 Å². The van der Waals surface area contributed by atoms with Crippen molar-refractivity contribution in [3.63, 3.8) is 0 Å². The standard InChI is InChI=1S/C12H8BrIOS/c13-11-2-1-9(14)6-10(11)12(15)5-8-3-4-16-7-8/h1-4,6-7H,5H2. The minimum Gasteiger partial charge on any atom is -0.294 e. The Kier molecular flexibility index (Phi) is 4.16. The second-order valence-electron chi connectivity index (χ2n) is 3.36. The van der Waals surface area contributed by atoms with Crippen LogP contribution >= 0.6 is 49.9 Å². The van der Waals surface area contributed by atoms with Gasteiger partial charge in [-0.05, 0) is 63.2 Å². The van der Waals surface area contributed by atoms with E-state index >= 15 is 0 Å². The van der Waals surface area contributed by atoms with Crippen molar-refractivity contribution in [2.75, 3.05) is 0 Å². The minimum absolute atomic E-state index is 0.156. The van der Waals surface area contributed by atoms with Crippen LogP contribution in [0.5, 0.6) is 0 Å². The molecule has 4 heteroatoms. The third-order valence-electron chi connectivity index (χ3n) is 2.17. The molecule has 0 aliphatic rings. The fourth-order valence-electron chi connectivity index (χ4n) is 1.39. The third kappa shape index (κ3) is 2.93. The molecule has 1 aromatic heterocycles. The predicted molar refractivity (Wildman–Crippen MR) is 79.2 cm³/mol. The van der Waals surface area contributed by atoms with Gasteiger partial charge in [0.05, 0.1) is 0 Å². The van der Waals surface area contributed by atoms with Crippen LogP contribution in [0.1, 0.15) is 15.9 Å². The number of carbonyl (C=O) groups is 1. The molecule has 0 radical (unpaired) electrons. The Morgan fingerprint density at radius 3 is 2.88 bits per heavy atom. The molecule has 0 N–H and O–H groups in total.